The standard InChI is InChI=1S/C13H18N2O3S/c1-2-14-6-3-11(16)15-7-4-10-9(5-8-19-10)12(15)13(17)18/h5,8,12,14H,2-4,6-7H2,1H3,(H,17,18). The number of nitrogens with one attached hydrogen (secondary N) is 1. The monoisotopic (exact) mass is 282 g/mol. The predicted octanol–water partition coefficient (Wildman–Crippen LogP) is 1.26. The summed E-state index contributed by atoms with van der Waals surface area (Å²) in [5, 5.41) is 14.4. The Hall–Kier alpha value is -1.40. The highest BCUT2D eigenvalue weighted by Crippen LogP contribution is 2.33. The molecule has 2 N–H and O–H groups in total. The third kappa shape index (κ3) is 2.96. The van der Waals surface area contributed by atoms with Crippen LogP contribution in [0.15, 0.2) is 11.4 Å². The first kappa shape index (κ1) is 14.0. The summed E-state index contributed by atoms with van der Waals surface area (Å²) in [7, 11) is 0. The fourth-order valence-electron chi connectivity index (χ4n) is 2.37. The molecule has 1 aromatic heterocycles. The normalized spacial score (nSPS) is 18.2. The molecule has 6 heteroatoms. The zero-order chi connectivity index (χ0) is 13.8. The second-order valence-corrected chi connectivity index (χ2v) is 5.48. The smallest absolute Gasteiger partial charge is 0.331 e. The molecule has 0 bridgehead atoms. The molecule has 2 rings (SSSR count). The van der Waals surface area contributed by atoms with E-state index in [9.17, 15) is 14.7 Å². The maximum absolute atomic E-state index is 12.1. The minimum atomic E-state index is -0.948. The molecule has 5 nitrogen and oxygen atoms in total. The Bertz CT molecular complexity index is 472. The van der Waals surface area contributed by atoms with E-state index >= 15 is 0 Å². The topological polar surface area (TPSA) is 69.6 Å². The number of hydrogen-bond acceptors (Lipinski definition) is 4. The molecule has 2 heterocycles. The molecule has 1 aliphatic heterocycles. The van der Waals surface area contributed by atoms with E-state index in [1.165, 1.54) is 4.90 Å². The van der Waals surface area contributed by atoms with E-state index in [-0.39, 0.29) is 5.91 Å². The van der Waals surface area contributed by atoms with Crippen LogP contribution in [0, 0.1) is 0 Å². The first-order valence-electron chi connectivity index (χ1n) is 6.44. The van der Waals surface area contributed by atoms with E-state index in [4.69, 9.17) is 0 Å². The molecule has 19 heavy (non-hydrogen) atoms. The number of hydrogen-bond donors (Lipinski definition) is 2. The lowest BCUT2D eigenvalue weighted by Crippen LogP contribution is -2.43. The number of thiophene rings is 1. The molecule has 104 valence electrons. The Morgan fingerprint density at radius 2 is 2.37 bits per heavy atom. The SMILES string of the molecule is CCNCCC(=O)N1CCc2sccc2C1C(=O)O. The molecule has 1 atom stereocenters. The number of carbonyl (C=O) groups is 2. The number of amides is 1. The van der Waals surface area contributed by atoms with Gasteiger partial charge in [0.15, 0.2) is 6.04 Å². The molecule has 1 unspecified atom stereocenters. The third-order valence-electron chi connectivity index (χ3n) is 3.29. The van der Waals surface area contributed by atoms with Crippen LogP contribution in [0.2, 0.25) is 0 Å². The molecule has 0 aliphatic carbocycles. The molecule has 0 saturated heterocycles. The van der Waals surface area contributed by atoms with Gasteiger partial charge in [-0.1, -0.05) is 6.92 Å². The van der Waals surface area contributed by atoms with Gasteiger partial charge in [-0.2, -0.15) is 0 Å². The summed E-state index contributed by atoms with van der Waals surface area (Å²) >= 11 is 1.57. The lowest BCUT2D eigenvalue weighted by molar-refractivity contribution is -0.151. The number of aliphatic carboxylic acids is 1. The van der Waals surface area contributed by atoms with Gasteiger partial charge in [0.25, 0.3) is 0 Å². The summed E-state index contributed by atoms with van der Waals surface area (Å²) in [6, 6.07) is 1.01. The Morgan fingerprint density at radius 3 is 3.05 bits per heavy atom. The van der Waals surface area contributed by atoms with Gasteiger partial charge in [0.1, 0.15) is 0 Å². The van der Waals surface area contributed by atoms with Crippen molar-refractivity contribution < 1.29 is 14.7 Å². The van der Waals surface area contributed by atoms with E-state index in [0.29, 0.717) is 19.5 Å². The zero-order valence-corrected chi connectivity index (χ0v) is 11.7. The van der Waals surface area contributed by atoms with Crippen molar-refractivity contribution in [1.82, 2.24) is 10.2 Å². The maximum Gasteiger partial charge on any atom is 0.331 e. The van der Waals surface area contributed by atoms with Gasteiger partial charge in [0.2, 0.25) is 5.91 Å². The van der Waals surface area contributed by atoms with Crippen LogP contribution in [0.5, 0.6) is 0 Å². The lowest BCUT2D eigenvalue weighted by Gasteiger charge is -2.33. The summed E-state index contributed by atoms with van der Waals surface area (Å²) in [6.45, 7) is 3.87. The summed E-state index contributed by atoms with van der Waals surface area (Å²) in [6.07, 6.45) is 1.10. The summed E-state index contributed by atoms with van der Waals surface area (Å²) < 4.78 is 0. The Balaban J connectivity index is 2.12. The van der Waals surface area contributed by atoms with Crippen molar-refractivity contribution in [2.24, 2.45) is 0 Å². The minimum absolute atomic E-state index is 0.0924. The number of carboxylic acid groups (broad SMARTS) is 1. The van der Waals surface area contributed by atoms with Crippen molar-refractivity contribution in [3.63, 3.8) is 0 Å². The summed E-state index contributed by atoms with van der Waals surface area (Å²) in [5.41, 5.74) is 0.778. The van der Waals surface area contributed by atoms with Crippen LogP contribution in [0.3, 0.4) is 0 Å². The number of rotatable bonds is 5. The van der Waals surface area contributed by atoms with Crippen molar-refractivity contribution in [3.05, 3.63) is 21.9 Å². The van der Waals surface area contributed by atoms with Crippen LogP contribution in [-0.4, -0.2) is 41.5 Å². The summed E-state index contributed by atoms with van der Waals surface area (Å²) in [5.74, 6) is -1.04. The van der Waals surface area contributed by atoms with Gasteiger partial charge in [0, 0.05) is 24.4 Å². The Morgan fingerprint density at radius 1 is 1.58 bits per heavy atom. The van der Waals surface area contributed by atoms with Crippen LogP contribution in [-0.2, 0) is 16.0 Å². The molecule has 1 amide bonds. The van der Waals surface area contributed by atoms with Gasteiger partial charge in [-0.3, -0.25) is 4.79 Å². The highest BCUT2D eigenvalue weighted by Gasteiger charge is 2.36. The van der Waals surface area contributed by atoms with Gasteiger partial charge in [-0.15, -0.1) is 11.3 Å². The van der Waals surface area contributed by atoms with E-state index in [0.717, 1.165) is 23.4 Å². The van der Waals surface area contributed by atoms with Crippen LogP contribution in [0.25, 0.3) is 0 Å². The highest BCUT2D eigenvalue weighted by atomic mass is 32.1. The average Bonchev–Trinajstić information content (AvgIpc) is 2.85. The molecule has 0 spiro atoms. The van der Waals surface area contributed by atoms with Gasteiger partial charge < -0.3 is 15.3 Å². The average molecular weight is 282 g/mol. The van der Waals surface area contributed by atoms with Gasteiger partial charge in [-0.05, 0) is 30.0 Å². The van der Waals surface area contributed by atoms with Crippen LogP contribution >= 0.6 is 11.3 Å². The van der Waals surface area contributed by atoms with E-state index < -0.39 is 12.0 Å². The summed E-state index contributed by atoms with van der Waals surface area (Å²) in [4.78, 5) is 26.2. The van der Waals surface area contributed by atoms with Gasteiger partial charge in [0.05, 0.1) is 0 Å². The zero-order valence-electron chi connectivity index (χ0n) is 10.9. The Labute approximate surface area is 116 Å². The number of carboxylic acids is 1. The fraction of sp³-hybridized carbons (Fsp3) is 0.538. The highest BCUT2D eigenvalue weighted by molar-refractivity contribution is 7.10. The van der Waals surface area contributed by atoms with Crippen LogP contribution in [0.1, 0.15) is 29.8 Å². The molecule has 0 radical (unpaired) electrons. The van der Waals surface area contributed by atoms with Crippen molar-refractivity contribution in [2.45, 2.75) is 25.8 Å². The predicted molar refractivity (Wildman–Crippen MR) is 73.3 cm³/mol. The second kappa shape index (κ2) is 6.16. The molecule has 0 aromatic carbocycles. The van der Waals surface area contributed by atoms with Crippen molar-refractivity contribution in [2.75, 3.05) is 19.6 Å². The molecular weight excluding hydrogens is 264 g/mol. The minimum Gasteiger partial charge on any atom is -0.479 e. The fourth-order valence-corrected chi connectivity index (χ4v) is 3.27. The quantitative estimate of drug-likeness (QED) is 0.798. The van der Waals surface area contributed by atoms with Crippen molar-refractivity contribution in [3.8, 4) is 0 Å². The number of fused-ring (bicyclic) bond motifs is 1. The van der Waals surface area contributed by atoms with E-state index in [2.05, 4.69) is 5.32 Å². The van der Waals surface area contributed by atoms with Crippen molar-refractivity contribution >= 4 is 23.2 Å². The van der Waals surface area contributed by atoms with Gasteiger partial charge in [-0.25, -0.2) is 4.79 Å². The molecule has 0 saturated carbocycles. The first-order valence-corrected chi connectivity index (χ1v) is 7.32. The molecular formula is C13H18N2O3S. The molecule has 1 aliphatic rings. The Kier molecular flexibility index (Phi) is 4.55. The second-order valence-electron chi connectivity index (χ2n) is 4.48. The number of nitrogens with zero attached hydrogens (tertiary/aromatic N) is 1. The molecule has 0 fully saturated rings. The van der Waals surface area contributed by atoms with Crippen LogP contribution in [0.4, 0.5) is 0 Å². The van der Waals surface area contributed by atoms with Crippen LogP contribution < -0.4 is 5.32 Å². The third-order valence-corrected chi connectivity index (χ3v) is 4.28. The largest absolute Gasteiger partial charge is 0.479 e. The van der Waals surface area contributed by atoms with E-state index in [1.54, 1.807) is 11.3 Å². The lowest BCUT2D eigenvalue weighted by atomic mass is 9.99. The number of carbonyl (C=O) groups excluding carboxylic acids is 1. The maximum atomic E-state index is 12.1. The van der Waals surface area contributed by atoms with E-state index in [1.807, 2.05) is 18.4 Å². The van der Waals surface area contributed by atoms with Gasteiger partial charge >= 0.3 is 5.97 Å². The first-order chi connectivity index (χ1) is 9.15. The molecule has 1 aromatic rings. The van der Waals surface area contributed by atoms with Crippen molar-refractivity contribution in [1.29, 1.82) is 0 Å².